The SMILES string of the molecule is CN1CCC(Oc2ccc(Cl)cc2C(=O)Nc2ccc3c(c2)S(=O)(=O)C=C3)CC1. The number of hydrogen-bond acceptors (Lipinski definition) is 5. The van der Waals surface area contributed by atoms with Crippen molar-refractivity contribution in [3.8, 4) is 5.75 Å². The van der Waals surface area contributed by atoms with E-state index in [0.29, 0.717) is 27.6 Å². The Hall–Kier alpha value is -2.35. The van der Waals surface area contributed by atoms with Crippen LogP contribution in [0.4, 0.5) is 5.69 Å². The van der Waals surface area contributed by atoms with Gasteiger partial charge in [0, 0.05) is 29.2 Å². The average Bonchev–Trinajstić information content (AvgIpc) is 2.99. The van der Waals surface area contributed by atoms with Crippen LogP contribution in [0.15, 0.2) is 46.7 Å². The third-order valence-corrected chi connectivity index (χ3v) is 6.85. The maximum absolute atomic E-state index is 12.9. The number of nitrogens with zero attached hydrogens (tertiary/aromatic N) is 1. The molecule has 6 nitrogen and oxygen atoms in total. The standard InChI is InChI=1S/C21H21ClN2O4S/c1-24-9-6-17(7-10-24)28-19-5-3-15(22)12-18(19)21(25)23-16-4-2-14-8-11-29(26,27)20(14)13-16/h2-5,8,11-13,17H,6-7,9-10H2,1H3,(H,23,25). The highest BCUT2D eigenvalue weighted by Crippen LogP contribution is 2.31. The van der Waals surface area contributed by atoms with E-state index in [1.165, 1.54) is 6.07 Å². The zero-order valence-corrected chi connectivity index (χ0v) is 17.5. The number of carbonyl (C=O) groups is 1. The number of benzene rings is 2. The van der Waals surface area contributed by atoms with E-state index in [-0.39, 0.29) is 11.0 Å². The van der Waals surface area contributed by atoms with Gasteiger partial charge in [-0.25, -0.2) is 8.42 Å². The average molecular weight is 433 g/mol. The Balaban J connectivity index is 1.55. The molecule has 2 aliphatic rings. The lowest BCUT2D eigenvalue weighted by molar-refractivity contribution is 0.0989. The normalized spacial score (nSPS) is 18.4. The Morgan fingerprint density at radius 2 is 1.93 bits per heavy atom. The van der Waals surface area contributed by atoms with Gasteiger partial charge in [-0.15, -0.1) is 0 Å². The van der Waals surface area contributed by atoms with Gasteiger partial charge in [-0.1, -0.05) is 17.7 Å². The predicted molar refractivity (Wildman–Crippen MR) is 113 cm³/mol. The van der Waals surface area contributed by atoms with E-state index in [2.05, 4.69) is 17.3 Å². The topological polar surface area (TPSA) is 75.7 Å². The molecule has 0 unspecified atom stereocenters. The molecule has 0 saturated carbocycles. The number of piperidine rings is 1. The van der Waals surface area contributed by atoms with Crippen molar-refractivity contribution in [2.75, 3.05) is 25.5 Å². The van der Waals surface area contributed by atoms with E-state index in [9.17, 15) is 13.2 Å². The van der Waals surface area contributed by atoms with Crippen LogP contribution in [0.2, 0.25) is 5.02 Å². The monoisotopic (exact) mass is 432 g/mol. The van der Waals surface area contributed by atoms with Gasteiger partial charge in [-0.3, -0.25) is 4.79 Å². The molecule has 8 heteroatoms. The van der Waals surface area contributed by atoms with Crippen molar-refractivity contribution < 1.29 is 17.9 Å². The molecule has 152 valence electrons. The van der Waals surface area contributed by atoms with E-state index < -0.39 is 15.7 Å². The summed E-state index contributed by atoms with van der Waals surface area (Å²) in [5.74, 6) is 0.0654. The fourth-order valence-corrected chi connectivity index (χ4v) is 4.90. The molecule has 0 aromatic heterocycles. The van der Waals surface area contributed by atoms with Crippen LogP contribution in [0.1, 0.15) is 28.8 Å². The number of likely N-dealkylation sites (tertiary alicyclic amines) is 1. The molecule has 0 spiro atoms. The van der Waals surface area contributed by atoms with Crippen LogP contribution in [0.25, 0.3) is 6.08 Å². The number of amides is 1. The van der Waals surface area contributed by atoms with Gasteiger partial charge < -0.3 is 15.0 Å². The molecule has 29 heavy (non-hydrogen) atoms. The molecular weight excluding hydrogens is 412 g/mol. The minimum absolute atomic E-state index is 0.0372. The number of halogens is 1. The summed E-state index contributed by atoms with van der Waals surface area (Å²) in [6.45, 7) is 1.88. The highest BCUT2D eigenvalue weighted by Gasteiger charge is 2.23. The van der Waals surface area contributed by atoms with E-state index in [1.807, 2.05) is 0 Å². The van der Waals surface area contributed by atoms with Crippen molar-refractivity contribution in [3.05, 3.63) is 58.0 Å². The molecule has 0 radical (unpaired) electrons. The lowest BCUT2D eigenvalue weighted by atomic mass is 10.1. The second-order valence-corrected chi connectivity index (χ2v) is 9.55. The molecule has 2 aromatic carbocycles. The largest absolute Gasteiger partial charge is 0.489 e. The van der Waals surface area contributed by atoms with Gasteiger partial charge in [0.1, 0.15) is 11.9 Å². The minimum atomic E-state index is -3.45. The van der Waals surface area contributed by atoms with Crippen molar-refractivity contribution in [1.82, 2.24) is 4.90 Å². The Morgan fingerprint density at radius 3 is 2.69 bits per heavy atom. The van der Waals surface area contributed by atoms with Crippen LogP contribution in [0.3, 0.4) is 0 Å². The molecule has 1 saturated heterocycles. The third kappa shape index (κ3) is 4.32. The second kappa shape index (κ2) is 7.82. The van der Waals surface area contributed by atoms with Crippen LogP contribution in [-0.4, -0.2) is 45.5 Å². The number of carbonyl (C=O) groups excluding carboxylic acids is 1. The van der Waals surface area contributed by atoms with E-state index >= 15 is 0 Å². The van der Waals surface area contributed by atoms with Gasteiger partial charge in [0.2, 0.25) is 9.84 Å². The molecule has 1 fully saturated rings. The minimum Gasteiger partial charge on any atom is -0.489 e. The molecule has 1 N–H and O–H groups in total. The molecule has 4 rings (SSSR count). The Labute approximate surface area is 175 Å². The van der Waals surface area contributed by atoms with Crippen LogP contribution in [0, 0.1) is 0 Å². The van der Waals surface area contributed by atoms with Crippen LogP contribution >= 0.6 is 11.6 Å². The highest BCUT2D eigenvalue weighted by molar-refractivity contribution is 7.94. The third-order valence-electron chi connectivity index (χ3n) is 5.15. The van der Waals surface area contributed by atoms with Gasteiger partial charge in [0.15, 0.2) is 0 Å². The maximum atomic E-state index is 12.9. The fourth-order valence-electron chi connectivity index (χ4n) is 3.50. The summed E-state index contributed by atoms with van der Waals surface area (Å²) in [4.78, 5) is 15.3. The van der Waals surface area contributed by atoms with E-state index in [4.69, 9.17) is 16.3 Å². The number of hydrogen-bond donors (Lipinski definition) is 1. The summed E-state index contributed by atoms with van der Waals surface area (Å²) in [5.41, 5.74) is 1.32. The summed E-state index contributed by atoms with van der Waals surface area (Å²) in [6, 6.07) is 9.75. The van der Waals surface area contributed by atoms with E-state index in [0.717, 1.165) is 31.3 Å². The Bertz CT molecular complexity index is 1090. The molecule has 0 bridgehead atoms. The summed E-state index contributed by atoms with van der Waals surface area (Å²) in [6.07, 6.45) is 3.35. The second-order valence-electron chi connectivity index (χ2n) is 7.32. The first-order valence-corrected chi connectivity index (χ1v) is 11.3. The molecule has 0 atom stereocenters. The molecule has 2 aromatic rings. The first-order valence-electron chi connectivity index (χ1n) is 9.35. The predicted octanol–water partition coefficient (Wildman–Crippen LogP) is 3.82. The number of nitrogens with one attached hydrogen (secondary N) is 1. The summed E-state index contributed by atoms with van der Waals surface area (Å²) >= 11 is 6.11. The van der Waals surface area contributed by atoms with Crippen LogP contribution < -0.4 is 10.1 Å². The number of anilines is 1. The number of rotatable bonds is 4. The first kappa shape index (κ1) is 19.9. The van der Waals surface area contributed by atoms with Crippen molar-refractivity contribution in [2.45, 2.75) is 23.8 Å². The first-order chi connectivity index (χ1) is 13.8. The molecular formula is C21H21ClN2O4S. The quantitative estimate of drug-likeness (QED) is 0.794. The van der Waals surface area contributed by atoms with Crippen molar-refractivity contribution in [2.24, 2.45) is 0 Å². The Morgan fingerprint density at radius 1 is 1.17 bits per heavy atom. The van der Waals surface area contributed by atoms with Crippen LogP contribution in [0.5, 0.6) is 5.75 Å². The highest BCUT2D eigenvalue weighted by atomic mass is 35.5. The van der Waals surface area contributed by atoms with Gasteiger partial charge in [0.05, 0.1) is 10.5 Å². The van der Waals surface area contributed by atoms with Gasteiger partial charge in [-0.05, 0) is 61.9 Å². The molecule has 2 aliphatic heterocycles. The number of fused-ring (bicyclic) bond motifs is 1. The van der Waals surface area contributed by atoms with Crippen LogP contribution in [-0.2, 0) is 9.84 Å². The van der Waals surface area contributed by atoms with E-state index in [1.54, 1.807) is 36.4 Å². The Kier molecular flexibility index (Phi) is 5.38. The van der Waals surface area contributed by atoms with Gasteiger partial charge in [0.25, 0.3) is 5.91 Å². The van der Waals surface area contributed by atoms with Crippen molar-refractivity contribution in [3.63, 3.8) is 0 Å². The zero-order chi connectivity index (χ0) is 20.6. The summed E-state index contributed by atoms with van der Waals surface area (Å²) in [5, 5.41) is 4.34. The number of sulfone groups is 1. The van der Waals surface area contributed by atoms with Gasteiger partial charge >= 0.3 is 0 Å². The van der Waals surface area contributed by atoms with Gasteiger partial charge in [-0.2, -0.15) is 0 Å². The summed E-state index contributed by atoms with van der Waals surface area (Å²) in [7, 11) is -1.38. The smallest absolute Gasteiger partial charge is 0.259 e. The molecule has 2 heterocycles. The molecule has 0 aliphatic carbocycles. The lowest BCUT2D eigenvalue weighted by Gasteiger charge is -2.29. The van der Waals surface area contributed by atoms with Crippen molar-refractivity contribution >= 4 is 39.1 Å². The fraction of sp³-hybridized carbons (Fsp3) is 0.286. The lowest BCUT2D eigenvalue weighted by Crippen LogP contribution is -2.36. The zero-order valence-electron chi connectivity index (χ0n) is 15.9. The molecule has 1 amide bonds. The number of ether oxygens (including phenoxy) is 1. The summed E-state index contributed by atoms with van der Waals surface area (Å²) < 4.78 is 30.2. The van der Waals surface area contributed by atoms with Crippen molar-refractivity contribution in [1.29, 1.82) is 0 Å². The maximum Gasteiger partial charge on any atom is 0.259 e.